The van der Waals surface area contributed by atoms with Gasteiger partial charge in [0, 0.05) is 0 Å². The molecule has 0 N–H and O–H groups in total. The van der Waals surface area contributed by atoms with Crippen molar-refractivity contribution in [2.45, 2.75) is 14.7 Å². The van der Waals surface area contributed by atoms with Crippen LogP contribution in [0.3, 0.4) is 0 Å². The SMILES string of the molecule is O=S(=O)(c1ccc2ccccc2c1)N1CN(S(=O)(=O)c2ccc3ccccc3c2)CN(S(=O)(=O)c2ccc3ccccc3c2)C1. The second kappa shape index (κ2) is 11.0. The third-order valence-corrected chi connectivity index (χ3v) is 13.3. The molecule has 0 spiro atoms. The Morgan fingerprint density at radius 3 is 0.844 bits per heavy atom. The monoisotopic (exact) mass is 657 g/mol. The van der Waals surface area contributed by atoms with Gasteiger partial charge in [0.25, 0.3) is 0 Å². The van der Waals surface area contributed by atoms with Gasteiger partial charge in [-0.25, -0.2) is 25.3 Å². The van der Waals surface area contributed by atoms with Crippen molar-refractivity contribution in [2.75, 3.05) is 20.0 Å². The van der Waals surface area contributed by atoms with Crippen LogP contribution >= 0.6 is 0 Å². The van der Waals surface area contributed by atoms with Crippen molar-refractivity contribution < 1.29 is 25.3 Å². The summed E-state index contributed by atoms with van der Waals surface area (Å²) in [4.78, 5) is -0.224. The van der Waals surface area contributed by atoms with Crippen LogP contribution in [0.5, 0.6) is 0 Å². The fourth-order valence-corrected chi connectivity index (χ4v) is 9.96. The Bertz CT molecular complexity index is 2170. The zero-order chi connectivity index (χ0) is 31.4. The van der Waals surface area contributed by atoms with Gasteiger partial charge in [0.05, 0.1) is 34.7 Å². The number of hydrogen-bond donors (Lipinski definition) is 0. The predicted molar refractivity (Wildman–Crippen MR) is 174 cm³/mol. The molecule has 228 valence electrons. The van der Waals surface area contributed by atoms with E-state index >= 15 is 0 Å². The van der Waals surface area contributed by atoms with E-state index in [0.29, 0.717) is 16.2 Å². The van der Waals surface area contributed by atoms with Crippen LogP contribution in [0, 0.1) is 0 Å². The number of fused-ring (bicyclic) bond motifs is 3. The summed E-state index contributed by atoms with van der Waals surface area (Å²) < 4.78 is 87.1. The minimum absolute atomic E-state index is 0.0748. The average molecular weight is 658 g/mol. The van der Waals surface area contributed by atoms with Crippen molar-refractivity contribution in [3.8, 4) is 0 Å². The number of rotatable bonds is 6. The van der Waals surface area contributed by atoms with Gasteiger partial charge < -0.3 is 0 Å². The molecule has 6 aromatic rings. The highest BCUT2D eigenvalue weighted by molar-refractivity contribution is 7.90. The molecule has 1 fully saturated rings. The number of hydrogen-bond acceptors (Lipinski definition) is 6. The van der Waals surface area contributed by atoms with Gasteiger partial charge in [0.1, 0.15) is 0 Å². The van der Waals surface area contributed by atoms with Gasteiger partial charge in [-0.3, -0.25) is 0 Å². The molecule has 6 aromatic carbocycles. The first-order valence-corrected chi connectivity index (χ1v) is 18.3. The highest BCUT2D eigenvalue weighted by atomic mass is 32.2. The minimum Gasteiger partial charge on any atom is -0.207 e. The smallest absolute Gasteiger partial charge is 0.207 e. The van der Waals surface area contributed by atoms with Crippen molar-refractivity contribution in [3.63, 3.8) is 0 Å². The van der Waals surface area contributed by atoms with Gasteiger partial charge >= 0.3 is 0 Å². The van der Waals surface area contributed by atoms with Crippen molar-refractivity contribution in [3.05, 3.63) is 127 Å². The van der Waals surface area contributed by atoms with Crippen LogP contribution in [-0.4, -0.2) is 58.2 Å². The molecular formula is C33H27N3O6S3. The molecule has 0 bridgehead atoms. The average Bonchev–Trinajstić information content (AvgIpc) is 3.07. The Balaban J connectivity index is 1.32. The maximum atomic E-state index is 14.1. The highest BCUT2D eigenvalue weighted by Gasteiger charge is 2.42. The number of nitrogens with zero attached hydrogens (tertiary/aromatic N) is 3. The van der Waals surface area contributed by atoms with Gasteiger partial charge in [-0.2, -0.15) is 12.9 Å². The first-order chi connectivity index (χ1) is 21.5. The maximum Gasteiger partial charge on any atom is 0.245 e. The van der Waals surface area contributed by atoms with Crippen LogP contribution in [0.25, 0.3) is 32.3 Å². The summed E-state index contributed by atoms with van der Waals surface area (Å²) >= 11 is 0. The van der Waals surface area contributed by atoms with Crippen LogP contribution in [0.2, 0.25) is 0 Å². The van der Waals surface area contributed by atoms with Gasteiger partial charge in [-0.05, 0) is 68.7 Å². The second-order valence-electron chi connectivity index (χ2n) is 10.8. The Labute approximate surface area is 261 Å². The lowest BCUT2D eigenvalue weighted by Gasteiger charge is -2.39. The van der Waals surface area contributed by atoms with Gasteiger partial charge in [-0.15, -0.1) is 0 Å². The lowest BCUT2D eigenvalue weighted by molar-refractivity contribution is 0.127. The molecule has 0 aliphatic carbocycles. The molecule has 0 atom stereocenters. The number of sulfonamides is 3. The van der Waals surface area contributed by atoms with Gasteiger partial charge in [0.2, 0.25) is 30.1 Å². The standard InChI is InChI=1S/C33H27N3O6S3/c37-43(38,31-16-13-25-7-1-4-10-28(25)19-31)34-22-35(44(39,40)32-17-14-26-8-2-5-11-29(26)20-32)24-36(23-34)45(41,42)33-18-15-27-9-3-6-12-30(27)21-33/h1-21H,22-24H2. The normalized spacial score (nSPS) is 16.0. The lowest BCUT2D eigenvalue weighted by atomic mass is 10.1. The van der Waals surface area contributed by atoms with E-state index in [2.05, 4.69) is 0 Å². The first kappa shape index (κ1) is 29.5. The summed E-state index contributed by atoms with van der Waals surface area (Å²) in [5.41, 5.74) is 0. The quantitative estimate of drug-likeness (QED) is 0.237. The molecule has 0 amide bonds. The van der Waals surface area contributed by atoms with E-state index in [1.807, 2.05) is 36.4 Å². The predicted octanol–water partition coefficient (Wildman–Crippen LogP) is 5.40. The van der Waals surface area contributed by atoms with Crippen molar-refractivity contribution in [1.29, 1.82) is 0 Å². The van der Waals surface area contributed by atoms with E-state index < -0.39 is 50.1 Å². The third-order valence-electron chi connectivity index (χ3n) is 8.02. The zero-order valence-corrected chi connectivity index (χ0v) is 26.2. The second-order valence-corrected chi connectivity index (χ2v) is 16.6. The summed E-state index contributed by atoms with van der Waals surface area (Å²) in [5, 5.41) is 4.52. The molecule has 0 unspecified atom stereocenters. The molecule has 0 radical (unpaired) electrons. The third kappa shape index (κ3) is 5.29. The Morgan fingerprint density at radius 1 is 0.333 bits per heavy atom. The summed E-state index contributed by atoms with van der Waals surface area (Å²) in [6, 6.07) is 35.6. The largest absolute Gasteiger partial charge is 0.245 e. The van der Waals surface area contributed by atoms with Gasteiger partial charge in [-0.1, -0.05) is 91.0 Å². The summed E-state index contributed by atoms with van der Waals surface area (Å²) in [6.07, 6.45) is 0. The van der Waals surface area contributed by atoms with Crippen molar-refractivity contribution >= 4 is 62.4 Å². The van der Waals surface area contributed by atoms with Crippen LogP contribution < -0.4 is 0 Å². The van der Waals surface area contributed by atoms with Crippen LogP contribution in [0.1, 0.15) is 0 Å². The van der Waals surface area contributed by atoms with Crippen LogP contribution in [-0.2, 0) is 30.1 Å². The van der Waals surface area contributed by atoms with E-state index in [-0.39, 0.29) is 14.7 Å². The van der Waals surface area contributed by atoms with Crippen LogP contribution in [0.4, 0.5) is 0 Å². The molecule has 7 rings (SSSR count). The molecule has 1 saturated heterocycles. The maximum absolute atomic E-state index is 14.1. The van der Waals surface area contributed by atoms with Crippen molar-refractivity contribution in [2.24, 2.45) is 0 Å². The summed E-state index contributed by atoms with van der Waals surface area (Å²) in [7, 11) is -13.1. The van der Waals surface area contributed by atoms with Crippen LogP contribution in [0.15, 0.2) is 142 Å². The molecular weight excluding hydrogens is 631 g/mol. The molecule has 1 aliphatic heterocycles. The Kier molecular flexibility index (Phi) is 7.23. The van der Waals surface area contributed by atoms with Gasteiger partial charge in [0.15, 0.2) is 0 Å². The highest BCUT2D eigenvalue weighted by Crippen LogP contribution is 2.31. The zero-order valence-electron chi connectivity index (χ0n) is 23.8. The molecule has 1 aliphatic rings. The number of benzene rings is 6. The Hall–Kier alpha value is -4.17. The molecule has 45 heavy (non-hydrogen) atoms. The molecule has 9 nitrogen and oxygen atoms in total. The fourth-order valence-electron chi connectivity index (χ4n) is 5.55. The molecule has 12 heteroatoms. The van der Waals surface area contributed by atoms with E-state index in [9.17, 15) is 25.3 Å². The summed E-state index contributed by atoms with van der Waals surface area (Å²) in [6.45, 7) is -1.73. The summed E-state index contributed by atoms with van der Waals surface area (Å²) in [5.74, 6) is 0. The minimum atomic E-state index is -4.35. The fraction of sp³-hybridized carbons (Fsp3) is 0.0909. The van der Waals surface area contributed by atoms with E-state index in [4.69, 9.17) is 0 Å². The van der Waals surface area contributed by atoms with E-state index in [1.54, 1.807) is 54.6 Å². The lowest BCUT2D eigenvalue weighted by Crippen LogP contribution is -2.59. The van der Waals surface area contributed by atoms with E-state index in [0.717, 1.165) is 29.1 Å². The molecule has 0 saturated carbocycles. The topological polar surface area (TPSA) is 112 Å². The first-order valence-electron chi connectivity index (χ1n) is 14.0. The van der Waals surface area contributed by atoms with E-state index in [1.165, 1.54) is 36.4 Å². The molecule has 0 aromatic heterocycles. The molecule has 1 heterocycles. The van der Waals surface area contributed by atoms with Crippen molar-refractivity contribution in [1.82, 2.24) is 12.9 Å². The Morgan fingerprint density at radius 2 is 0.578 bits per heavy atom.